The SMILES string of the molecule is O=C(Cn1nc(C(=O)O)c2ccccc2c1=O)Nc1ccc([N+](=O)[O-])cc1Cl. The molecular weight excluding hydrogens is 392 g/mol. The molecule has 0 aliphatic carbocycles. The van der Waals surface area contributed by atoms with Gasteiger partial charge in [-0.15, -0.1) is 0 Å². The molecule has 2 aromatic carbocycles. The van der Waals surface area contributed by atoms with Crippen LogP contribution < -0.4 is 10.9 Å². The van der Waals surface area contributed by atoms with Crippen molar-refractivity contribution in [1.82, 2.24) is 9.78 Å². The number of nitro benzene ring substituents is 1. The number of carbonyl (C=O) groups is 2. The van der Waals surface area contributed by atoms with Crippen LogP contribution in [0.1, 0.15) is 10.5 Å². The lowest BCUT2D eigenvalue weighted by Gasteiger charge is -2.10. The Kier molecular flexibility index (Phi) is 5.05. The molecule has 0 saturated carbocycles. The third-order valence-corrected chi connectivity index (χ3v) is 4.11. The zero-order valence-corrected chi connectivity index (χ0v) is 14.7. The van der Waals surface area contributed by atoms with E-state index in [2.05, 4.69) is 10.4 Å². The number of carboxylic acids is 1. The van der Waals surface area contributed by atoms with E-state index in [1.807, 2.05) is 0 Å². The van der Waals surface area contributed by atoms with E-state index in [1.165, 1.54) is 18.2 Å². The summed E-state index contributed by atoms with van der Waals surface area (Å²) >= 11 is 5.92. The molecule has 0 saturated heterocycles. The number of fused-ring (bicyclic) bond motifs is 1. The predicted molar refractivity (Wildman–Crippen MR) is 99.7 cm³/mol. The second-order valence-electron chi connectivity index (χ2n) is 5.63. The molecule has 3 aromatic rings. The average Bonchev–Trinajstić information content (AvgIpc) is 2.65. The van der Waals surface area contributed by atoms with Gasteiger partial charge < -0.3 is 10.4 Å². The van der Waals surface area contributed by atoms with Crippen molar-refractivity contribution in [1.29, 1.82) is 0 Å². The van der Waals surface area contributed by atoms with E-state index < -0.39 is 28.9 Å². The van der Waals surface area contributed by atoms with Gasteiger partial charge in [-0.05, 0) is 12.1 Å². The number of nitrogens with one attached hydrogen (secondary N) is 1. The number of carbonyl (C=O) groups excluding carboxylic acids is 1. The fraction of sp³-hybridized carbons (Fsp3) is 0.0588. The summed E-state index contributed by atoms with van der Waals surface area (Å²) in [7, 11) is 0. The smallest absolute Gasteiger partial charge is 0.357 e. The summed E-state index contributed by atoms with van der Waals surface area (Å²) in [6.07, 6.45) is 0. The van der Waals surface area contributed by atoms with Crippen LogP contribution >= 0.6 is 11.6 Å². The molecule has 0 aliphatic heterocycles. The number of benzene rings is 2. The Morgan fingerprint density at radius 2 is 1.89 bits per heavy atom. The van der Waals surface area contributed by atoms with E-state index in [9.17, 15) is 29.6 Å². The number of nitro groups is 1. The van der Waals surface area contributed by atoms with Crippen molar-refractivity contribution < 1.29 is 19.6 Å². The summed E-state index contributed by atoms with van der Waals surface area (Å²) in [6.45, 7) is -0.572. The van der Waals surface area contributed by atoms with Gasteiger partial charge in [-0.3, -0.25) is 19.7 Å². The van der Waals surface area contributed by atoms with E-state index >= 15 is 0 Å². The highest BCUT2D eigenvalue weighted by atomic mass is 35.5. The zero-order valence-electron chi connectivity index (χ0n) is 14.0. The Morgan fingerprint density at radius 3 is 2.50 bits per heavy atom. The highest BCUT2D eigenvalue weighted by Gasteiger charge is 2.18. The summed E-state index contributed by atoms with van der Waals surface area (Å²) in [5.74, 6) is -2.05. The number of aromatic nitrogens is 2. The van der Waals surface area contributed by atoms with Crippen LogP contribution in [0.15, 0.2) is 47.3 Å². The number of halogens is 1. The van der Waals surface area contributed by atoms with Crippen LogP contribution in [0, 0.1) is 10.1 Å². The minimum Gasteiger partial charge on any atom is -0.476 e. The molecule has 1 amide bonds. The van der Waals surface area contributed by atoms with E-state index in [1.54, 1.807) is 12.1 Å². The number of hydrogen-bond acceptors (Lipinski definition) is 6. The Balaban J connectivity index is 1.92. The second-order valence-corrected chi connectivity index (χ2v) is 6.04. The fourth-order valence-electron chi connectivity index (χ4n) is 2.54. The Labute approximate surface area is 161 Å². The molecule has 1 aromatic heterocycles. The fourth-order valence-corrected chi connectivity index (χ4v) is 2.77. The first kappa shape index (κ1) is 19.0. The minimum atomic E-state index is -1.34. The van der Waals surface area contributed by atoms with Gasteiger partial charge in [0.1, 0.15) is 6.54 Å². The number of carboxylic acid groups (broad SMARTS) is 1. The molecule has 0 aliphatic rings. The number of nitrogens with zero attached hydrogens (tertiary/aromatic N) is 3. The quantitative estimate of drug-likeness (QED) is 0.492. The number of anilines is 1. The van der Waals surface area contributed by atoms with Gasteiger partial charge >= 0.3 is 5.97 Å². The van der Waals surface area contributed by atoms with Gasteiger partial charge in [-0.1, -0.05) is 29.8 Å². The van der Waals surface area contributed by atoms with Gasteiger partial charge in [0.15, 0.2) is 5.69 Å². The number of aromatic carboxylic acids is 1. The van der Waals surface area contributed by atoms with Crippen LogP contribution in [0.3, 0.4) is 0 Å². The molecule has 1 heterocycles. The summed E-state index contributed by atoms with van der Waals surface area (Å²) in [5.41, 5.74) is -1.15. The van der Waals surface area contributed by atoms with Crippen molar-refractivity contribution >= 4 is 45.6 Å². The Hall–Kier alpha value is -3.79. The molecule has 0 bridgehead atoms. The van der Waals surface area contributed by atoms with Crippen LogP contribution in [-0.2, 0) is 11.3 Å². The van der Waals surface area contributed by atoms with Gasteiger partial charge in [-0.2, -0.15) is 5.10 Å². The first-order valence-corrected chi connectivity index (χ1v) is 8.12. The van der Waals surface area contributed by atoms with Gasteiger partial charge in [0, 0.05) is 17.5 Å². The van der Waals surface area contributed by atoms with Gasteiger partial charge in [-0.25, -0.2) is 9.48 Å². The topological polar surface area (TPSA) is 144 Å². The largest absolute Gasteiger partial charge is 0.476 e. The predicted octanol–water partition coefficient (Wildman–Crippen LogP) is 2.29. The van der Waals surface area contributed by atoms with Crippen molar-refractivity contribution in [2.45, 2.75) is 6.54 Å². The van der Waals surface area contributed by atoms with Crippen LogP contribution in [-0.4, -0.2) is 31.7 Å². The Morgan fingerprint density at radius 1 is 1.21 bits per heavy atom. The molecule has 28 heavy (non-hydrogen) atoms. The molecular formula is C17H11ClN4O6. The van der Waals surface area contributed by atoms with Crippen LogP contribution in [0.2, 0.25) is 5.02 Å². The Bertz CT molecular complexity index is 1190. The summed E-state index contributed by atoms with van der Waals surface area (Å²) in [5, 5.41) is 26.4. The first-order valence-electron chi connectivity index (χ1n) is 7.75. The molecule has 11 heteroatoms. The maximum absolute atomic E-state index is 12.5. The maximum atomic E-state index is 12.5. The lowest BCUT2D eigenvalue weighted by atomic mass is 10.1. The highest BCUT2D eigenvalue weighted by Crippen LogP contribution is 2.26. The summed E-state index contributed by atoms with van der Waals surface area (Å²) < 4.78 is 0.737. The monoisotopic (exact) mass is 402 g/mol. The number of rotatable bonds is 5. The van der Waals surface area contributed by atoms with Crippen molar-refractivity contribution in [3.05, 3.63) is 73.6 Å². The molecule has 0 atom stereocenters. The number of non-ortho nitro benzene ring substituents is 1. The van der Waals surface area contributed by atoms with Crippen molar-refractivity contribution in [2.75, 3.05) is 5.32 Å². The lowest BCUT2D eigenvalue weighted by molar-refractivity contribution is -0.384. The van der Waals surface area contributed by atoms with Gasteiger partial charge in [0.05, 0.1) is 21.0 Å². The molecule has 0 spiro atoms. The van der Waals surface area contributed by atoms with Crippen LogP contribution in [0.4, 0.5) is 11.4 Å². The molecule has 0 fully saturated rings. The zero-order chi connectivity index (χ0) is 20.4. The van der Waals surface area contributed by atoms with Gasteiger partial charge in [0.2, 0.25) is 5.91 Å². The third kappa shape index (κ3) is 3.67. The minimum absolute atomic E-state index is 0.0624. The molecule has 0 unspecified atom stereocenters. The van der Waals surface area contributed by atoms with Crippen molar-refractivity contribution in [3.63, 3.8) is 0 Å². The molecule has 0 radical (unpaired) electrons. The second kappa shape index (κ2) is 7.45. The number of amides is 1. The van der Waals surface area contributed by atoms with E-state index in [-0.39, 0.29) is 32.9 Å². The van der Waals surface area contributed by atoms with Crippen molar-refractivity contribution in [2.24, 2.45) is 0 Å². The lowest BCUT2D eigenvalue weighted by Crippen LogP contribution is -2.31. The van der Waals surface area contributed by atoms with Crippen LogP contribution in [0.25, 0.3) is 10.8 Å². The van der Waals surface area contributed by atoms with Gasteiger partial charge in [0.25, 0.3) is 11.2 Å². The van der Waals surface area contributed by atoms with E-state index in [0.717, 1.165) is 16.8 Å². The van der Waals surface area contributed by atoms with E-state index in [0.29, 0.717) is 0 Å². The van der Waals surface area contributed by atoms with E-state index in [4.69, 9.17) is 11.6 Å². The molecule has 10 nitrogen and oxygen atoms in total. The normalized spacial score (nSPS) is 10.6. The molecule has 3 rings (SSSR count). The van der Waals surface area contributed by atoms with Crippen LogP contribution in [0.5, 0.6) is 0 Å². The standard InChI is InChI=1S/C17H11ClN4O6/c18-12-7-9(22(27)28)5-6-13(12)19-14(23)8-21-16(24)11-4-2-1-3-10(11)15(20-21)17(25)26/h1-7H,8H2,(H,19,23)(H,25,26). The highest BCUT2D eigenvalue weighted by molar-refractivity contribution is 6.33. The average molecular weight is 403 g/mol. The maximum Gasteiger partial charge on any atom is 0.357 e. The molecule has 2 N–H and O–H groups in total. The summed E-state index contributed by atoms with van der Waals surface area (Å²) in [6, 6.07) is 9.50. The van der Waals surface area contributed by atoms with Crippen molar-refractivity contribution in [3.8, 4) is 0 Å². The molecule has 142 valence electrons. The first-order chi connectivity index (χ1) is 13.3. The summed E-state index contributed by atoms with van der Waals surface area (Å²) in [4.78, 5) is 46.3. The number of hydrogen-bond donors (Lipinski definition) is 2. The third-order valence-electron chi connectivity index (χ3n) is 3.80.